The second-order valence-electron chi connectivity index (χ2n) is 4.08. The molecule has 100 valence electrons. The Bertz CT molecular complexity index is 567. The SMILES string of the molecule is CNC(=O)c1cccc(CCNc2nnc(C)s2)c1. The molecule has 0 spiro atoms. The molecule has 1 aromatic heterocycles. The van der Waals surface area contributed by atoms with Gasteiger partial charge in [-0.15, -0.1) is 10.2 Å². The molecular weight excluding hydrogens is 260 g/mol. The number of aromatic nitrogens is 2. The van der Waals surface area contributed by atoms with Crippen molar-refractivity contribution in [3.8, 4) is 0 Å². The van der Waals surface area contributed by atoms with E-state index in [1.807, 2.05) is 31.2 Å². The summed E-state index contributed by atoms with van der Waals surface area (Å²) in [7, 11) is 1.63. The Balaban J connectivity index is 1.90. The van der Waals surface area contributed by atoms with Crippen molar-refractivity contribution in [3.63, 3.8) is 0 Å². The average molecular weight is 276 g/mol. The number of carbonyl (C=O) groups excluding carboxylic acids is 1. The summed E-state index contributed by atoms with van der Waals surface area (Å²) < 4.78 is 0. The Morgan fingerprint density at radius 1 is 1.37 bits per heavy atom. The van der Waals surface area contributed by atoms with Crippen LogP contribution in [0.4, 0.5) is 5.13 Å². The fraction of sp³-hybridized carbons (Fsp3) is 0.308. The van der Waals surface area contributed by atoms with Crippen molar-refractivity contribution >= 4 is 22.4 Å². The molecule has 0 atom stereocenters. The first-order chi connectivity index (χ1) is 9.19. The molecule has 0 saturated carbocycles. The van der Waals surface area contributed by atoms with Crippen molar-refractivity contribution in [2.75, 3.05) is 18.9 Å². The van der Waals surface area contributed by atoms with E-state index in [1.54, 1.807) is 7.05 Å². The fourth-order valence-corrected chi connectivity index (χ4v) is 2.31. The summed E-state index contributed by atoms with van der Waals surface area (Å²) in [5, 5.41) is 15.6. The lowest BCUT2D eigenvalue weighted by Crippen LogP contribution is -2.18. The Labute approximate surface area is 116 Å². The van der Waals surface area contributed by atoms with Gasteiger partial charge in [0.05, 0.1) is 0 Å². The molecule has 1 aromatic carbocycles. The Kier molecular flexibility index (Phi) is 4.46. The summed E-state index contributed by atoms with van der Waals surface area (Å²) in [6, 6.07) is 7.63. The molecule has 0 aliphatic rings. The number of rotatable bonds is 5. The van der Waals surface area contributed by atoms with Gasteiger partial charge in [-0.25, -0.2) is 0 Å². The van der Waals surface area contributed by atoms with Crippen LogP contribution in [0.15, 0.2) is 24.3 Å². The third-order valence-corrected chi connectivity index (χ3v) is 3.43. The molecule has 0 radical (unpaired) electrons. The van der Waals surface area contributed by atoms with E-state index in [1.165, 1.54) is 11.3 Å². The highest BCUT2D eigenvalue weighted by atomic mass is 32.1. The molecule has 2 rings (SSSR count). The molecule has 1 heterocycles. The molecule has 19 heavy (non-hydrogen) atoms. The highest BCUT2D eigenvalue weighted by Gasteiger charge is 2.04. The van der Waals surface area contributed by atoms with Gasteiger partial charge in [-0.2, -0.15) is 0 Å². The molecule has 0 bridgehead atoms. The summed E-state index contributed by atoms with van der Waals surface area (Å²) in [5.41, 5.74) is 1.81. The van der Waals surface area contributed by atoms with Gasteiger partial charge < -0.3 is 10.6 Å². The molecule has 2 N–H and O–H groups in total. The van der Waals surface area contributed by atoms with E-state index in [0.717, 1.165) is 28.7 Å². The van der Waals surface area contributed by atoms with Crippen LogP contribution < -0.4 is 10.6 Å². The first-order valence-electron chi connectivity index (χ1n) is 6.04. The number of nitrogens with one attached hydrogen (secondary N) is 2. The molecular formula is C13H16N4OS. The van der Waals surface area contributed by atoms with E-state index in [0.29, 0.717) is 5.56 Å². The minimum Gasteiger partial charge on any atom is -0.360 e. The lowest BCUT2D eigenvalue weighted by molar-refractivity contribution is 0.0963. The van der Waals surface area contributed by atoms with E-state index in [-0.39, 0.29) is 5.91 Å². The van der Waals surface area contributed by atoms with Crippen LogP contribution in [0.3, 0.4) is 0 Å². The van der Waals surface area contributed by atoms with Crippen molar-refractivity contribution in [2.45, 2.75) is 13.3 Å². The number of carbonyl (C=O) groups is 1. The van der Waals surface area contributed by atoms with Crippen LogP contribution in [-0.2, 0) is 6.42 Å². The van der Waals surface area contributed by atoms with Crippen molar-refractivity contribution in [3.05, 3.63) is 40.4 Å². The number of anilines is 1. The number of hydrogen-bond acceptors (Lipinski definition) is 5. The Hall–Kier alpha value is -1.95. The zero-order valence-electron chi connectivity index (χ0n) is 10.9. The Morgan fingerprint density at radius 2 is 2.21 bits per heavy atom. The molecule has 0 unspecified atom stereocenters. The second-order valence-corrected chi connectivity index (χ2v) is 5.26. The predicted molar refractivity (Wildman–Crippen MR) is 76.7 cm³/mol. The number of amides is 1. The molecule has 0 aliphatic heterocycles. The first-order valence-corrected chi connectivity index (χ1v) is 6.85. The molecule has 5 nitrogen and oxygen atoms in total. The van der Waals surface area contributed by atoms with Crippen molar-refractivity contribution in [1.29, 1.82) is 0 Å². The van der Waals surface area contributed by atoms with Crippen LogP contribution >= 0.6 is 11.3 Å². The molecule has 6 heteroatoms. The summed E-state index contributed by atoms with van der Waals surface area (Å²) in [4.78, 5) is 11.5. The lowest BCUT2D eigenvalue weighted by atomic mass is 10.1. The van der Waals surface area contributed by atoms with Gasteiger partial charge in [0.1, 0.15) is 5.01 Å². The third kappa shape index (κ3) is 3.75. The number of nitrogens with zero attached hydrogens (tertiary/aromatic N) is 2. The average Bonchev–Trinajstić information content (AvgIpc) is 2.84. The van der Waals surface area contributed by atoms with Crippen LogP contribution in [0, 0.1) is 6.92 Å². The van der Waals surface area contributed by atoms with E-state index >= 15 is 0 Å². The summed E-state index contributed by atoms with van der Waals surface area (Å²) in [6.07, 6.45) is 0.837. The van der Waals surface area contributed by atoms with E-state index in [2.05, 4.69) is 20.8 Å². The van der Waals surface area contributed by atoms with Gasteiger partial charge in [-0.3, -0.25) is 4.79 Å². The fourth-order valence-electron chi connectivity index (χ4n) is 1.69. The minimum atomic E-state index is -0.0606. The summed E-state index contributed by atoms with van der Waals surface area (Å²) >= 11 is 1.54. The quantitative estimate of drug-likeness (QED) is 0.874. The normalized spacial score (nSPS) is 10.2. The predicted octanol–water partition coefficient (Wildman–Crippen LogP) is 1.86. The molecule has 0 aliphatic carbocycles. The van der Waals surface area contributed by atoms with E-state index in [9.17, 15) is 4.79 Å². The van der Waals surface area contributed by atoms with Crippen molar-refractivity contribution in [2.24, 2.45) is 0 Å². The smallest absolute Gasteiger partial charge is 0.251 e. The van der Waals surface area contributed by atoms with Crippen molar-refractivity contribution in [1.82, 2.24) is 15.5 Å². The maximum absolute atomic E-state index is 11.5. The monoisotopic (exact) mass is 276 g/mol. The highest BCUT2D eigenvalue weighted by molar-refractivity contribution is 7.15. The van der Waals surface area contributed by atoms with Gasteiger partial charge in [-0.1, -0.05) is 23.5 Å². The maximum Gasteiger partial charge on any atom is 0.251 e. The largest absolute Gasteiger partial charge is 0.360 e. The second kappa shape index (κ2) is 6.29. The summed E-state index contributed by atoms with van der Waals surface area (Å²) in [6.45, 7) is 2.70. The van der Waals surface area contributed by atoms with Gasteiger partial charge in [0.2, 0.25) is 5.13 Å². The summed E-state index contributed by atoms with van der Waals surface area (Å²) in [5.74, 6) is -0.0606. The lowest BCUT2D eigenvalue weighted by Gasteiger charge is -2.05. The zero-order chi connectivity index (χ0) is 13.7. The standard InChI is InChI=1S/C13H16N4OS/c1-9-16-17-13(19-9)15-7-6-10-4-3-5-11(8-10)12(18)14-2/h3-5,8H,6-7H2,1-2H3,(H,14,18)(H,15,17). The molecule has 0 saturated heterocycles. The van der Waals surface area contributed by atoms with Crippen LogP contribution in [0.1, 0.15) is 20.9 Å². The van der Waals surface area contributed by atoms with E-state index in [4.69, 9.17) is 0 Å². The van der Waals surface area contributed by atoms with Crippen LogP contribution in [0.25, 0.3) is 0 Å². The first kappa shape index (κ1) is 13.5. The van der Waals surface area contributed by atoms with Crippen molar-refractivity contribution < 1.29 is 4.79 Å². The molecule has 0 fully saturated rings. The van der Waals surface area contributed by atoms with Gasteiger partial charge in [0.25, 0.3) is 5.91 Å². The Morgan fingerprint density at radius 3 is 2.89 bits per heavy atom. The number of hydrogen-bond donors (Lipinski definition) is 2. The number of aryl methyl sites for hydroxylation is 1. The molecule has 1 amide bonds. The zero-order valence-corrected chi connectivity index (χ0v) is 11.8. The van der Waals surface area contributed by atoms with Gasteiger partial charge in [0.15, 0.2) is 0 Å². The highest BCUT2D eigenvalue weighted by Crippen LogP contribution is 2.13. The van der Waals surface area contributed by atoms with Gasteiger partial charge in [0, 0.05) is 19.2 Å². The topological polar surface area (TPSA) is 66.9 Å². The van der Waals surface area contributed by atoms with Crippen LogP contribution in [-0.4, -0.2) is 29.7 Å². The van der Waals surface area contributed by atoms with Crippen LogP contribution in [0.5, 0.6) is 0 Å². The number of benzene rings is 1. The van der Waals surface area contributed by atoms with E-state index < -0.39 is 0 Å². The van der Waals surface area contributed by atoms with Gasteiger partial charge >= 0.3 is 0 Å². The molecule has 2 aromatic rings. The maximum atomic E-state index is 11.5. The van der Waals surface area contributed by atoms with Gasteiger partial charge in [-0.05, 0) is 31.0 Å². The third-order valence-electron chi connectivity index (χ3n) is 2.63. The van der Waals surface area contributed by atoms with Crippen LogP contribution in [0.2, 0.25) is 0 Å². The minimum absolute atomic E-state index is 0.0606.